The quantitative estimate of drug-likeness (QED) is 0.908. The molecule has 1 aromatic carbocycles. The number of carboxylic acid groups (broad SMARTS) is 1. The smallest absolute Gasteiger partial charge is 0.417 e. The van der Waals surface area contributed by atoms with E-state index in [9.17, 15) is 26.4 Å². The van der Waals surface area contributed by atoms with Crippen LogP contribution < -0.4 is 0 Å². The molecule has 0 saturated carbocycles. The Balaban J connectivity index is 2.53. The third-order valence-electron chi connectivity index (χ3n) is 2.91. The highest BCUT2D eigenvalue weighted by molar-refractivity contribution is 8.00. The number of carboxylic acids is 1. The lowest BCUT2D eigenvalue weighted by atomic mass is 10.2. The Kier molecular flexibility index (Phi) is 4.22. The lowest BCUT2D eigenvalue weighted by Gasteiger charge is -2.22. The van der Waals surface area contributed by atoms with Crippen molar-refractivity contribution < 1.29 is 31.5 Å². The minimum atomic E-state index is -4.84. The van der Waals surface area contributed by atoms with Gasteiger partial charge >= 0.3 is 12.1 Å². The second-order valence-corrected chi connectivity index (χ2v) is 7.10. The second-order valence-electron chi connectivity index (χ2n) is 4.24. The van der Waals surface area contributed by atoms with Crippen LogP contribution in [0.1, 0.15) is 5.56 Å². The standard InChI is InChI=1S/C11H10F3NO4S2/c12-11(13,14)7-3-1-2-4-9(7)21(18,19)15-6-20-5-8(15)10(16)17/h1-4,8H,5-6H2,(H,16,17)/t8-/m0/s1. The topological polar surface area (TPSA) is 74.7 Å². The van der Waals surface area contributed by atoms with Crippen molar-refractivity contribution in [2.24, 2.45) is 0 Å². The molecule has 1 aromatic rings. The number of nitrogens with zero attached hydrogens (tertiary/aromatic N) is 1. The van der Waals surface area contributed by atoms with E-state index in [-0.39, 0.29) is 11.6 Å². The zero-order valence-corrected chi connectivity index (χ0v) is 12.0. The molecule has 5 nitrogen and oxygen atoms in total. The van der Waals surface area contributed by atoms with Gasteiger partial charge in [0.15, 0.2) is 0 Å². The fourth-order valence-corrected chi connectivity index (χ4v) is 5.26. The van der Waals surface area contributed by atoms with E-state index < -0.39 is 38.7 Å². The summed E-state index contributed by atoms with van der Waals surface area (Å²) in [6.07, 6.45) is -4.84. The van der Waals surface area contributed by atoms with E-state index in [1.807, 2.05) is 0 Å². The van der Waals surface area contributed by atoms with Gasteiger partial charge in [0.25, 0.3) is 0 Å². The summed E-state index contributed by atoms with van der Waals surface area (Å²) < 4.78 is 64.1. The molecule has 0 aromatic heterocycles. The summed E-state index contributed by atoms with van der Waals surface area (Å²) in [6.45, 7) is 0. The highest BCUT2D eigenvalue weighted by Crippen LogP contribution is 2.37. The van der Waals surface area contributed by atoms with Crippen molar-refractivity contribution >= 4 is 27.8 Å². The first-order valence-electron chi connectivity index (χ1n) is 5.64. The number of carbonyl (C=O) groups is 1. The number of hydrogen-bond acceptors (Lipinski definition) is 4. The Morgan fingerprint density at radius 2 is 1.95 bits per heavy atom. The van der Waals surface area contributed by atoms with Gasteiger partial charge in [-0.1, -0.05) is 12.1 Å². The summed E-state index contributed by atoms with van der Waals surface area (Å²) in [5.74, 6) is -1.57. The molecule has 0 aliphatic carbocycles. The minimum absolute atomic E-state index is 0.00273. The first kappa shape index (κ1) is 16.1. The molecule has 0 radical (unpaired) electrons. The third-order valence-corrected chi connectivity index (χ3v) is 5.99. The summed E-state index contributed by atoms with van der Waals surface area (Å²) in [7, 11) is -4.54. The molecule has 0 amide bonds. The Bertz CT molecular complexity index is 660. The number of sulfonamides is 1. The molecule has 1 aliphatic heterocycles. The van der Waals surface area contributed by atoms with Crippen LogP contribution in [0.3, 0.4) is 0 Å². The highest BCUT2D eigenvalue weighted by Gasteiger charge is 2.44. The summed E-state index contributed by atoms with van der Waals surface area (Å²) in [5.41, 5.74) is -1.30. The van der Waals surface area contributed by atoms with Crippen LogP contribution in [0, 0.1) is 0 Å². The van der Waals surface area contributed by atoms with Crippen LogP contribution in [0.15, 0.2) is 29.2 Å². The number of aliphatic carboxylic acids is 1. The number of rotatable bonds is 3. The van der Waals surface area contributed by atoms with E-state index in [2.05, 4.69) is 0 Å². The van der Waals surface area contributed by atoms with Gasteiger partial charge in [-0.15, -0.1) is 11.8 Å². The SMILES string of the molecule is O=C(O)[C@@H]1CSCN1S(=O)(=O)c1ccccc1C(F)(F)F. The van der Waals surface area contributed by atoms with Gasteiger partial charge in [0.2, 0.25) is 10.0 Å². The van der Waals surface area contributed by atoms with Gasteiger partial charge in [-0.2, -0.15) is 17.5 Å². The van der Waals surface area contributed by atoms with E-state index >= 15 is 0 Å². The lowest BCUT2D eigenvalue weighted by Crippen LogP contribution is -2.42. The van der Waals surface area contributed by atoms with Gasteiger partial charge < -0.3 is 5.11 Å². The van der Waals surface area contributed by atoms with Gasteiger partial charge in [0, 0.05) is 5.75 Å². The number of thioether (sulfide) groups is 1. The molecular weight excluding hydrogens is 331 g/mol. The molecule has 0 unspecified atom stereocenters. The summed E-state index contributed by atoms with van der Waals surface area (Å²) in [5, 5.41) is 8.98. The molecule has 116 valence electrons. The fraction of sp³-hybridized carbons (Fsp3) is 0.364. The predicted molar refractivity (Wildman–Crippen MR) is 69.2 cm³/mol. The molecule has 2 rings (SSSR count). The fourth-order valence-electron chi connectivity index (χ4n) is 1.91. The van der Waals surface area contributed by atoms with E-state index in [0.29, 0.717) is 10.4 Å². The van der Waals surface area contributed by atoms with Crippen molar-refractivity contribution in [3.8, 4) is 0 Å². The zero-order chi connectivity index (χ0) is 15.8. The molecular formula is C11H10F3NO4S2. The van der Waals surface area contributed by atoms with Crippen molar-refractivity contribution in [3.63, 3.8) is 0 Å². The van der Waals surface area contributed by atoms with Crippen LogP contribution in [0.4, 0.5) is 13.2 Å². The zero-order valence-electron chi connectivity index (χ0n) is 10.4. The number of alkyl halides is 3. The summed E-state index contributed by atoms with van der Waals surface area (Å²) in [6, 6.07) is 2.38. The maximum absolute atomic E-state index is 12.9. The van der Waals surface area contributed by atoms with Crippen molar-refractivity contribution in [1.29, 1.82) is 0 Å². The monoisotopic (exact) mass is 341 g/mol. The number of benzene rings is 1. The first-order chi connectivity index (χ1) is 9.65. The predicted octanol–water partition coefficient (Wildman–Crippen LogP) is 1.85. The van der Waals surface area contributed by atoms with E-state index in [1.165, 1.54) is 6.07 Å². The molecule has 1 saturated heterocycles. The van der Waals surface area contributed by atoms with Crippen molar-refractivity contribution in [2.75, 3.05) is 11.6 Å². The molecule has 10 heteroatoms. The van der Waals surface area contributed by atoms with Crippen LogP contribution in [-0.2, 0) is 21.0 Å². The Morgan fingerprint density at radius 1 is 1.33 bits per heavy atom. The average molecular weight is 341 g/mol. The normalized spacial score (nSPS) is 20.6. The minimum Gasteiger partial charge on any atom is -0.480 e. The Labute approximate surface area is 122 Å². The van der Waals surface area contributed by atoms with E-state index in [4.69, 9.17) is 5.11 Å². The summed E-state index contributed by atoms with van der Waals surface area (Å²) >= 11 is 1.04. The molecule has 21 heavy (non-hydrogen) atoms. The van der Waals surface area contributed by atoms with Crippen molar-refractivity contribution in [2.45, 2.75) is 17.1 Å². The van der Waals surface area contributed by atoms with Gasteiger partial charge in [0.1, 0.15) is 6.04 Å². The average Bonchev–Trinajstić information content (AvgIpc) is 2.88. The van der Waals surface area contributed by atoms with Crippen LogP contribution in [0.25, 0.3) is 0 Å². The van der Waals surface area contributed by atoms with Gasteiger partial charge in [-0.25, -0.2) is 8.42 Å². The molecule has 1 fully saturated rings. The molecule has 1 heterocycles. The first-order valence-corrected chi connectivity index (χ1v) is 8.24. The molecule has 1 atom stereocenters. The van der Waals surface area contributed by atoms with E-state index in [1.54, 1.807) is 0 Å². The van der Waals surface area contributed by atoms with Crippen LogP contribution >= 0.6 is 11.8 Å². The van der Waals surface area contributed by atoms with Crippen LogP contribution in [0.5, 0.6) is 0 Å². The molecule has 1 N–H and O–H groups in total. The maximum atomic E-state index is 12.9. The third kappa shape index (κ3) is 3.01. The van der Waals surface area contributed by atoms with Crippen LogP contribution in [0.2, 0.25) is 0 Å². The van der Waals surface area contributed by atoms with Crippen LogP contribution in [-0.4, -0.2) is 41.5 Å². The Morgan fingerprint density at radius 3 is 2.52 bits per heavy atom. The van der Waals surface area contributed by atoms with Gasteiger partial charge in [-0.05, 0) is 12.1 Å². The van der Waals surface area contributed by atoms with Crippen molar-refractivity contribution in [1.82, 2.24) is 4.31 Å². The highest BCUT2D eigenvalue weighted by atomic mass is 32.2. The van der Waals surface area contributed by atoms with Gasteiger partial charge in [-0.3, -0.25) is 4.79 Å². The number of halogens is 3. The Hall–Kier alpha value is -1.26. The summed E-state index contributed by atoms with van der Waals surface area (Å²) in [4.78, 5) is 10.1. The largest absolute Gasteiger partial charge is 0.480 e. The second kappa shape index (κ2) is 5.50. The molecule has 1 aliphatic rings. The molecule has 0 bridgehead atoms. The lowest BCUT2D eigenvalue weighted by molar-refractivity contribution is -0.140. The van der Waals surface area contributed by atoms with Gasteiger partial charge in [0.05, 0.1) is 16.3 Å². The maximum Gasteiger partial charge on any atom is 0.417 e. The van der Waals surface area contributed by atoms with Crippen molar-refractivity contribution in [3.05, 3.63) is 29.8 Å². The number of hydrogen-bond donors (Lipinski definition) is 1. The molecule has 0 spiro atoms. The van der Waals surface area contributed by atoms with E-state index in [0.717, 1.165) is 23.9 Å².